The highest BCUT2D eigenvalue weighted by atomic mass is 32.2. The predicted octanol–water partition coefficient (Wildman–Crippen LogP) is 4.36. The lowest BCUT2D eigenvalue weighted by Crippen LogP contribution is -2.07. The van der Waals surface area contributed by atoms with E-state index < -0.39 is 0 Å². The Kier molecular flexibility index (Phi) is 5.36. The van der Waals surface area contributed by atoms with Crippen molar-refractivity contribution < 1.29 is 14.0 Å². The highest BCUT2D eigenvalue weighted by Gasteiger charge is 2.21. The number of rotatable bonds is 7. The van der Waals surface area contributed by atoms with Gasteiger partial charge in [0.15, 0.2) is 16.8 Å². The third kappa shape index (κ3) is 4.09. The Morgan fingerprint density at radius 2 is 2.06 bits per heavy atom. The van der Waals surface area contributed by atoms with Gasteiger partial charge in [-0.3, -0.25) is 14.2 Å². The van der Waals surface area contributed by atoms with Crippen molar-refractivity contribution in [3.63, 3.8) is 0 Å². The van der Waals surface area contributed by atoms with Crippen molar-refractivity contribution in [1.82, 2.24) is 14.8 Å². The summed E-state index contributed by atoms with van der Waals surface area (Å²) < 4.78 is 7.51. The fourth-order valence-corrected chi connectivity index (χ4v) is 4.54. The van der Waals surface area contributed by atoms with Crippen molar-refractivity contribution >= 4 is 29.1 Å². The quantitative estimate of drug-likeness (QED) is 0.336. The Bertz CT molecular complexity index is 1310. The molecule has 1 aliphatic rings. The van der Waals surface area contributed by atoms with Gasteiger partial charge < -0.3 is 9.73 Å². The van der Waals surface area contributed by atoms with E-state index in [0.717, 1.165) is 34.0 Å². The molecule has 0 spiro atoms. The number of aryl methyl sites for hydroxylation is 1. The van der Waals surface area contributed by atoms with Crippen molar-refractivity contribution in [2.24, 2.45) is 0 Å². The molecule has 4 aromatic rings. The normalized spacial score (nSPS) is 12.6. The number of nitrogens with one attached hydrogen (secondary N) is 1. The predicted molar refractivity (Wildman–Crippen MR) is 122 cm³/mol. The van der Waals surface area contributed by atoms with Crippen LogP contribution in [0.5, 0.6) is 0 Å². The summed E-state index contributed by atoms with van der Waals surface area (Å²) in [5, 5.41) is 12.2. The summed E-state index contributed by atoms with van der Waals surface area (Å²) in [6, 6.07) is 17.1. The summed E-state index contributed by atoms with van der Waals surface area (Å²) in [7, 11) is 0. The zero-order valence-electron chi connectivity index (χ0n) is 17.4. The molecule has 0 saturated heterocycles. The summed E-state index contributed by atoms with van der Waals surface area (Å²) >= 11 is 1.34. The Hall–Kier alpha value is -3.65. The van der Waals surface area contributed by atoms with Gasteiger partial charge in [-0.05, 0) is 48.9 Å². The van der Waals surface area contributed by atoms with E-state index in [1.807, 2.05) is 41.8 Å². The van der Waals surface area contributed by atoms with Crippen LogP contribution in [0.4, 0.5) is 5.69 Å². The highest BCUT2D eigenvalue weighted by Crippen LogP contribution is 2.28. The number of anilines is 1. The van der Waals surface area contributed by atoms with Crippen LogP contribution in [0.2, 0.25) is 0 Å². The largest absolute Gasteiger partial charge is 0.467 e. The minimum absolute atomic E-state index is 0.0261. The van der Waals surface area contributed by atoms with E-state index in [1.54, 1.807) is 24.5 Å². The van der Waals surface area contributed by atoms with Crippen molar-refractivity contribution in [1.29, 1.82) is 0 Å². The smallest absolute Gasteiger partial charge is 0.228 e. The van der Waals surface area contributed by atoms with Crippen molar-refractivity contribution in [3.05, 3.63) is 83.3 Å². The van der Waals surface area contributed by atoms with Crippen LogP contribution >= 0.6 is 11.8 Å². The lowest BCUT2D eigenvalue weighted by Gasteiger charge is -2.09. The third-order valence-corrected chi connectivity index (χ3v) is 6.24. The molecule has 0 radical (unpaired) electrons. The molecule has 2 aromatic heterocycles. The Labute approximate surface area is 188 Å². The zero-order valence-corrected chi connectivity index (χ0v) is 18.2. The molecule has 2 aromatic carbocycles. The average molecular weight is 445 g/mol. The topological polar surface area (TPSA) is 90.0 Å². The molecule has 1 amide bonds. The maximum atomic E-state index is 12.8. The van der Waals surface area contributed by atoms with Gasteiger partial charge in [-0.2, -0.15) is 0 Å². The standard InChI is InChI=1S/C24H20N4O3S/c1-15-4-2-5-17(10-15)23-26-27-24(28(23)13-19-6-3-9-31-19)32-14-21(29)16-7-8-20-18(11-16)12-22(30)25-20/h2-11H,12-14H2,1H3,(H,25,30). The number of aromatic nitrogens is 3. The highest BCUT2D eigenvalue weighted by molar-refractivity contribution is 7.99. The minimum atomic E-state index is -0.0475. The molecule has 5 rings (SSSR count). The van der Waals surface area contributed by atoms with Crippen LogP contribution in [-0.2, 0) is 17.8 Å². The van der Waals surface area contributed by atoms with E-state index in [2.05, 4.69) is 21.6 Å². The second-order valence-corrected chi connectivity index (χ2v) is 8.59. The molecule has 7 nitrogen and oxygen atoms in total. The van der Waals surface area contributed by atoms with Crippen LogP contribution in [0.15, 0.2) is 70.4 Å². The van der Waals surface area contributed by atoms with Crippen LogP contribution in [0.25, 0.3) is 11.4 Å². The first-order valence-electron chi connectivity index (χ1n) is 10.2. The summed E-state index contributed by atoms with van der Waals surface area (Å²) in [6.45, 7) is 2.50. The van der Waals surface area contributed by atoms with Gasteiger partial charge in [-0.15, -0.1) is 10.2 Å². The molecule has 32 heavy (non-hydrogen) atoms. The second-order valence-electron chi connectivity index (χ2n) is 7.65. The molecule has 3 heterocycles. The molecule has 160 valence electrons. The van der Waals surface area contributed by atoms with Crippen LogP contribution in [-0.4, -0.2) is 32.2 Å². The number of carbonyl (C=O) groups is 2. The van der Waals surface area contributed by atoms with Gasteiger partial charge in [0.05, 0.1) is 25.0 Å². The minimum Gasteiger partial charge on any atom is -0.467 e. The number of hydrogen-bond acceptors (Lipinski definition) is 6. The van der Waals surface area contributed by atoms with E-state index >= 15 is 0 Å². The Morgan fingerprint density at radius 1 is 1.16 bits per heavy atom. The third-order valence-electron chi connectivity index (χ3n) is 5.27. The van der Waals surface area contributed by atoms with Gasteiger partial charge in [-0.25, -0.2) is 0 Å². The number of ketones is 1. The summed E-state index contributed by atoms with van der Waals surface area (Å²) in [4.78, 5) is 24.4. The van der Waals surface area contributed by atoms with Gasteiger partial charge in [-0.1, -0.05) is 35.5 Å². The van der Waals surface area contributed by atoms with Crippen molar-refractivity contribution in [3.8, 4) is 11.4 Å². The maximum Gasteiger partial charge on any atom is 0.228 e. The van der Waals surface area contributed by atoms with Crippen LogP contribution in [0.3, 0.4) is 0 Å². The Balaban J connectivity index is 1.39. The molecule has 0 saturated carbocycles. The van der Waals surface area contributed by atoms with Crippen LogP contribution in [0, 0.1) is 6.92 Å². The first-order chi connectivity index (χ1) is 15.6. The van der Waals surface area contributed by atoms with E-state index in [9.17, 15) is 9.59 Å². The van der Waals surface area contributed by atoms with Crippen LogP contribution in [0.1, 0.15) is 27.2 Å². The van der Waals surface area contributed by atoms with E-state index in [1.165, 1.54) is 11.8 Å². The molecular weight excluding hydrogens is 424 g/mol. The number of fused-ring (bicyclic) bond motifs is 1. The number of Topliss-reactive ketones (excluding diaryl/α,β-unsaturated/α-hetero) is 1. The van der Waals surface area contributed by atoms with Gasteiger partial charge in [0.2, 0.25) is 5.91 Å². The fraction of sp³-hybridized carbons (Fsp3) is 0.167. The zero-order chi connectivity index (χ0) is 22.1. The summed E-state index contributed by atoms with van der Waals surface area (Å²) in [6.07, 6.45) is 1.94. The SMILES string of the molecule is Cc1cccc(-c2nnc(SCC(=O)c3ccc4c(c3)CC(=O)N4)n2Cc2ccco2)c1. The van der Waals surface area contributed by atoms with Gasteiger partial charge in [0.1, 0.15) is 5.76 Å². The van der Waals surface area contributed by atoms with Gasteiger partial charge in [0.25, 0.3) is 0 Å². The van der Waals surface area contributed by atoms with E-state index in [-0.39, 0.29) is 17.4 Å². The van der Waals surface area contributed by atoms with Gasteiger partial charge >= 0.3 is 0 Å². The average Bonchev–Trinajstić information content (AvgIpc) is 3.51. The van der Waals surface area contributed by atoms with Crippen molar-refractivity contribution in [2.75, 3.05) is 11.1 Å². The number of nitrogens with zero attached hydrogens (tertiary/aromatic N) is 3. The second kappa shape index (κ2) is 8.47. The summed E-state index contributed by atoms with van der Waals surface area (Å²) in [5.41, 5.74) is 4.31. The maximum absolute atomic E-state index is 12.8. The molecule has 1 N–H and O–H groups in total. The number of carbonyl (C=O) groups excluding carboxylic acids is 2. The fourth-order valence-electron chi connectivity index (χ4n) is 3.71. The van der Waals surface area contributed by atoms with Crippen molar-refractivity contribution in [2.45, 2.75) is 25.0 Å². The lowest BCUT2D eigenvalue weighted by atomic mass is 10.1. The molecule has 0 fully saturated rings. The number of furan rings is 1. The molecule has 0 bridgehead atoms. The van der Waals surface area contributed by atoms with E-state index in [0.29, 0.717) is 23.7 Å². The number of benzene rings is 2. The summed E-state index contributed by atoms with van der Waals surface area (Å²) in [5.74, 6) is 1.64. The number of hydrogen-bond donors (Lipinski definition) is 1. The lowest BCUT2D eigenvalue weighted by molar-refractivity contribution is -0.115. The number of thioether (sulfide) groups is 1. The molecule has 0 unspecified atom stereocenters. The molecule has 0 atom stereocenters. The van der Waals surface area contributed by atoms with E-state index in [4.69, 9.17) is 4.42 Å². The molecular formula is C24H20N4O3S. The molecule has 8 heteroatoms. The van der Waals surface area contributed by atoms with Crippen LogP contribution < -0.4 is 5.32 Å². The first kappa shape index (κ1) is 20.3. The molecule has 1 aliphatic heterocycles. The first-order valence-corrected chi connectivity index (χ1v) is 11.2. The number of amides is 1. The molecule has 0 aliphatic carbocycles. The van der Waals surface area contributed by atoms with Gasteiger partial charge in [0, 0.05) is 16.8 Å². The Morgan fingerprint density at radius 3 is 2.88 bits per heavy atom. The monoisotopic (exact) mass is 444 g/mol.